The molecular formula is C16H23ClN2O3. The van der Waals surface area contributed by atoms with Crippen molar-refractivity contribution in [1.29, 1.82) is 0 Å². The minimum absolute atomic E-state index is 0.221. The van der Waals surface area contributed by atoms with Crippen LogP contribution in [0.1, 0.15) is 31.2 Å². The SMILES string of the molecule is COc1cc(CN2CCCCCC2)cc(Cl)c1OCC(N)=O. The summed E-state index contributed by atoms with van der Waals surface area (Å²) in [5, 5.41) is 0.436. The molecule has 122 valence electrons. The summed E-state index contributed by atoms with van der Waals surface area (Å²) in [6, 6.07) is 3.78. The van der Waals surface area contributed by atoms with E-state index in [0.717, 1.165) is 25.2 Å². The highest BCUT2D eigenvalue weighted by Gasteiger charge is 2.15. The molecule has 0 aliphatic carbocycles. The number of benzene rings is 1. The summed E-state index contributed by atoms with van der Waals surface area (Å²) in [4.78, 5) is 13.3. The second-order valence-electron chi connectivity index (χ2n) is 5.55. The van der Waals surface area contributed by atoms with Crippen LogP contribution in [-0.4, -0.2) is 37.6 Å². The molecule has 1 aromatic rings. The van der Waals surface area contributed by atoms with Gasteiger partial charge in [-0.15, -0.1) is 0 Å². The molecule has 2 rings (SSSR count). The summed E-state index contributed by atoms with van der Waals surface area (Å²) < 4.78 is 10.7. The first-order valence-electron chi connectivity index (χ1n) is 7.60. The third-order valence-corrected chi connectivity index (χ3v) is 4.03. The zero-order chi connectivity index (χ0) is 15.9. The third kappa shape index (κ3) is 4.78. The van der Waals surface area contributed by atoms with Gasteiger partial charge in [-0.05, 0) is 43.6 Å². The summed E-state index contributed by atoms with van der Waals surface area (Å²) in [6.45, 7) is 2.84. The second-order valence-corrected chi connectivity index (χ2v) is 5.96. The van der Waals surface area contributed by atoms with E-state index in [1.807, 2.05) is 12.1 Å². The van der Waals surface area contributed by atoms with E-state index in [1.54, 1.807) is 7.11 Å². The van der Waals surface area contributed by atoms with Crippen molar-refractivity contribution in [1.82, 2.24) is 4.90 Å². The predicted molar refractivity (Wildman–Crippen MR) is 86.4 cm³/mol. The zero-order valence-corrected chi connectivity index (χ0v) is 13.7. The van der Waals surface area contributed by atoms with Crippen molar-refractivity contribution >= 4 is 17.5 Å². The minimum Gasteiger partial charge on any atom is -0.493 e. The molecule has 1 aliphatic rings. The van der Waals surface area contributed by atoms with E-state index in [-0.39, 0.29) is 6.61 Å². The molecule has 1 aromatic carbocycles. The van der Waals surface area contributed by atoms with Crippen LogP contribution in [0.2, 0.25) is 5.02 Å². The lowest BCUT2D eigenvalue weighted by molar-refractivity contribution is -0.119. The number of rotatable bonds is 6. The largest absolute Gasteiger partial charge is 0.493 e. The average molecular weight is 327 g/mol. The fourth-order valence-electron chi connectivity index (χ4n) is 2.70. The van der Waals surface area contributed by atoms with Crippen molar-refractivity contribution in [3.05, 3.63) is 22.7 Å². The summed E-state index contributed by atoms with van der Waals surface area (Å²) in [5.41, 5.74) is 6.17. The van der Waals surface area contributed by atoms with Gasteiger partial charge in [-0.2, -0.15) is 0 Å². The highest BCUT2D eigenvalue weighted by atomic mass is 35.5. The van der Waals surface area contributed by atoms with Gasteiger partial charge in [-0.1, -0.05) is 24.4 Å². The van der Waals surface area contributed by atoms with Gasteiger partial charge in [0, 0.05) is 6.54 Å². The number of methoxy groups -OCH3 is 1. The standard InChI is InChI=1S/C16H23ClN2O3/c1-21-14-9-12(10-19-6-4-2-3-5-7-19)8-13(17)16(14)22-11-15(18)20/h8-9H,2-7,10-11H2,1H3,(H2,18,20). The summed E-state index contributed by atoms with van der Waals surface area (Å²) in [6.07, 6.45) is 5.09. The van der Waals surface area contributed by atoms with E-state index in [2.05, 4.69) is 4.90 Å². The molecule has 1 aliphatic heterocycles. The van der Waals surface area contributed by atoms with E-state index in [1.165, 1.54) is 25.7 Å². The Labute approximate surface area is 136 Å². The number of halogens is 1. The molecule has 0 radical (unpaired) electrons. The number of likely N-dealkylation sites (tertiary alicyclic amines) is 1. The Kier molecular flexibility index (Phi) is 6.34. The Morgan fingerprint density at radius 2 is 1.95 bits per heavy atom. The van der Waals surface area contributed by atoms with E-state index in [4.69, 9.17) is 26.8 Å². The van der Waals surface area contributed by atoms with Gasteiger partial charge in [-0.3, -0.25) is 9.69 Å². The van der Waals surface area contributed by atoms with Crippen LogP contribution < -0.4 is 15.2 Å². The molecule has 6 heteroatoms. The van der Waals surface area contributed by atoms with Crippen LogP contribution in [0.5, 0.6) is 11.5 Å². The van der Waals surface area contributed by atoms with Crippen LogP contribution in [0.3, 0.4) is 0 Å². The molecule has 0 spiro atoms. The van der Waals surface area contributed by atoms with Crippen LogP contribution in [0, 0.1) is 0 Å². The molecule has 22 heavy (non-hydrogen) atoms. The van der Waals surface area contributed by atoms with Crippen molar-refractivity contribution in [2.24, 2.45) is 5.73 Å². The van der Waals surface area contributed by atoms with Crippen LogP contribution in [0.4, 0.5) is 0 Å². The Morgan fingerprint density at radius 1 is 1.27 bits per heavy atom. The number of ether oxygens (including phenoxy) is 2. The number of primary amides is 1. The molecule has 0 aromatic heterocycles. The molecule has 1 fully saturated rings. The molecule has 0 atom stereocenters. The first kappa shape index (κ1) is 16.9. The summed E-state index contributed by atoms with van der Waals surface area (Å²) in [5.74, 6) is 0.341. The van der Waals surface area contributed by atoms with Gasteiger partial charge < -0.3 is 15.2 Å². The normalized spacial score (nSPS) is 16.1. The quantitative estimate of drug-likeness (QED) is 0.872. The number of nitrogens with zero attached hydrogens (tertiary/aromatic N) is 1. The van der Waals surface area contributed by atoms with E-state index in [0.29, 0.717) is 16.5 Å². The van der Waals surface area contributed by atoms with E-state index >= 15 is 0 Å². The Hall–Kier alpha value is -1.46. The number of hydrogen-bond acceptors (Lipinski definition) is 4. The first-order valence-corrected chi connectivity index (χ1v) is 7.98. The Morgan fingerprint density at radius 3 is 2.55 bits per heavy atom. The topological polar surface area (TPSA) is 64.8 Å². The van der Waals surface area contributed by atoms with Crippen LogP contribution in [0.25, 0.3) is 0 Å². The van der Waals surface area contributed by atoms with Crippen LogP contribution >= 0.6 is 11.6 Å². The third-order valence-electron chi connectivity index (χ3n) is 3.75. The molecule has 2 N–H and O–H groups in total. The number of nitrogens with two attached hydrogens (primary N) is 1. The molecule has 0 saturated carbocycles. The maximum atomic E-state index is 10.9. The maximum Gasteiger partial charge on any atom is 0.255 e. The smallest absolute Gasteiger partial charge is 0.255 e. The Bertz CT molecular complexity index is 514. The maximum absolute atomic E-state index is 10.9. The molecule has 0 unspecified atom stereocenters. The highest BCUT2D eigenvalue weighted by molar-refractivity contribution is 6.32. The second kappa shape index (κ2) is 8.25. The van der Waals surface area contributed by atoms with Gasteiger partial charge in [0.25, 0.3) is 5.91 Å². The predicted octanol–water partition coefficient (Wildman–Crippen LogP) is 2.59. The zero-order valence-electron chi connectivity index (χ0n) is 12.9. The summed E-state index contributed by atoms with van der Waals surface area (Å²) >= 11 is 6.27. The highest BCUT2D eigenvalue weighted by Crippen LogP contribution is 2.36. The van der Waals surface area contributed by atoms with Gasteiger partial charge in [0.2, 0.25) is 0 Å². The molecule has 1 amide bonds. The number of carbonyl (C=O) groups excluding carboxylic acids is 1. The van der Waals surface area contributed by atoms with E-state index < -0.39 is 5.91 Å². The van der Waals surface area contributed by atoms with Crippen molar-refractivity contribution in [3.8, 4) is 11.5 Å². The number of amides is 1. The van der Waals surface area contributed by atoms with Crippen molar-refractivity contribution < 1.29 is 14.3 Å². The van der Waals surface area contributed by atoms with E-state index in [9.17, 15) is 4.79 Å². The number of carbonyl (C=O) groups is 1. The minimum atomic E-state index is -0.549. The fraction of sp³-hybridized carbons (Fsp3) is 0.562. The van der Waals surface area contributed by atoms with Gasteiger partial charge in [0.15, 0.2) is 18.1 Å². The first-order chi connectivity index (χ1) is 10.6. The fourth-order valence-corrected chi connectivity index (χ4v) is 2.99. The van der Waals surface area contributed by atoms with Gasteiger partial charge >= 0.3 is 0 Å². The molecule has 1 saturated heterocycles. The van der Waals surface area contributed by atoms with Gasteiger partial charge in [0.05, 0.1) is 12.1 Å². The summed E-state index contributed by atoms with van der Waals surface area (Å²) in [7, 11) is 1.55. The molecule has 0 bridgehead atoms. The van der Waals surface area contributed by atoms with Crippen molar-refractivity contribution in [2.45, 2.75) is 32.2 Å². The lowest BCUT2D eigenvalue weighted by Gasteiger charge is -2.21. The average Bonchev–Trinajstić information content (AvgIpc) is 2.74. The number of hydrogen-bond donors (Lipinski definition) is 1. The van der Waals surface area contributed by atoms with Crippen LogP contribution in [-0.2, 0) is 11.3 Å². The Balaban J connectivity index is 2.12. The van der Waals surface area contributed by atoms with Gasteiger partial charge in [-0.25, -0.2) is 0 Å². The lowest BCUT2D eigenvalue weighted by Crippen LogP contribution is -2.24. The van der Waals surface area contributed by atoms with Gasteiger partial charge in [0.1, 0.15) is 0 Å². The monoisotopic (exact) mass is 326 g/mol. The van der Waals surface area contributed by atoms with Crippen molar-refractivity contribution in [2.75, 3.05) is 26.8 Å². The lowest BCUT2D eigenvalue weighted by atomic mass is 10.1. The molecule has 5 nitrogen and oxygen atoms in total. The van der Waals surface area contributed by atoms with Crippen LogP contribution in [0.15, 0.2) is 12.1 Å². The van der Waals surface area contributed by atoms with Crippen molar-refractivity contribution in [3.63, 3.8) is 0 Å². The molecule has 1 heterocycles. The molecular weight excluding hydrogens is 304 g/mol.